The molecule has 25 heavy (non-hydrogen) atoms. The van der Waals surface area contributed by atoms with Crippen LogP contribution in [0.1, 0.15) is 22.8 Å². The van der Waals surface area contributed by atoms with Crippen molar-refractivity contribution >= 4 is 17.6 Å². The summed E-state index contributed by atoms with van der Waals surface area (Å²) in [4.78, 5) is 22.9. The molecule has 0 unspecified atom stereocenters. The van der Waals surface area contributed by atoms with Crippen molar-refractivity contribution in [3.8, 4) is 5.88 Å². The van der Waals surface area contributed by atoms with Gasteiger partial charge in [-0.05, 0) is 25.0 Å². The molecular weight excluding hydrogens is 322 g/mol. The van der Waals surface area contributed by atoms with E-state index in [1.54, 1.807) is 14.0 Å². The van der Waals surface area contributed by atoms with Gasteiger partial charge in [0.05, 0.1) is 19.4 Å². The van der Waals surface area contributed by atoms with E-state index in [2.05, 4.69) is 16.0 Å². The van der Waals surface area contributed by atoms with Crippen LogP contribution < -0.4 is 9.64 Å². The van der Waals surface area contributed by atoms with Crippen molar-refractivity contribution in [2.75, 3.05) is 38.4 Å². The molecule has 0 fully saturated rings. The van der Waals surface area contributed by atoms with Gasteiger partial charge >= 0.3 is 5.97 Å². The SMILES string of the molecule is CCOC(=O)c1cnc(N2CCc3ccccc32)nc1OCCOC. The smallest absolute Gasteiger partial charge is 0.345 e. The zero-order chi connectivity index (χ0) is 17.6. The minimum absolute atomic E-state index is 0.213. The van der Waals surface area contributed by atoms with Crippen molar-refractivity contribution in [2.45, 2.75) is 13.3 Å². The van der Waals surface area contributed by atoms with E-state index in [1.165, 1.54) is 11.8 Å². The molecule has 0 aliphatic carbocycles. The lowest BCUT2D eigenvalue weighted by atomic mass is 10.2. The van der Waals surface area contributed by atoms with E-state index in [0.717, 1.165) is 18.7 Å². The van der Waals surface area contributed by atoms with Crippen LogP contribution in [0.5, 0.6) is 5.88 Å². The lowest BCUT2D eigenvalue weighted by Gasteiger charge is -2.18. The molecule has 2 heterocycles. The molecule has 0 amide bonds. The number of carbonyl (C=O) groups excluding carboxylic acids is 1. The van der Waals surface area contributed by atoms with Gasteiger partial charge in [-0.15, -0.1) is 0 Å². The van der Waals surface area contributed by atoms with E-state index >= 15 is 0 Å². The van der Waals surface area contributed by atoms with Gasteiger partial charge in [0.1, 0.15) is 12.2 Å². The average molecular weight is 343 g/mol. The fraction of sp³-hybridized carbons (Fsp3) is 0.389. The first-order valence-corrected chi connectivity index (χ1v) is 8.26. The summed E-state index contributed by atoms with van der Waals surface area (Å²) >= 11 is 0. The number of esters is 1. The quantitative estimate of drug-likeness (QED) is 0.564. The van der Waals surface area contributed by atoms with Gasteiger partial charge in [0, 0.05) is 19.3 Å². The van der Waals surface area contributed by atoms with Crippen LogP contribution >= 0.6 is 0 Å². The Kier molecular flexibility index (Phi) is 5.45. The third kappa shape index (κ3) is 3.71. The Morgan fingerprint density at radius 1 is 1.28 bits per heavy atom. The molecule has 1 aromatic heterocycles. The second kappa shape index (κ2) is 7.94. The summed E-state index contributed by atoms with van der Waals surface area (Å²) in [6.07, 6.45) is 2.39. The second-order valence-electron chi connectivity index (χ2n) is 5.48. The van der Waals surface area contributed by atoms with Crippen LogP contribution in [-0.2, 0) is 15.9 Å². The maximum absolute atomic E-state index is 12.1. The summed E-state index contributed by atoms with van der Waals surface area (Å²) in [6, 6.07) is 8.14. The van der Waals surface area contributed by atoms with Crippen molar-refractivity contribution in [3.63, 3.8) is 0 Å². The Labute approximate surface area is 146 Å². The van der Waals surface area contributed by atoms with Crippen LogP contribution in [0.25, 0.3) is 0 Å². The highest BCUT2D eigenvalue weighted by Gasteiger charge is 2.24. The molecule has 0 saturated carbocycles. The highest BCUT2D eigenvalue weighted by Crippen LogP contribution is 2.33. The highest BCUT2D eigenvalue weighted by atomic mass is 16.5. The van der Waals surface area contributed by atoms with Crippen molar-refractivity contribution < 1.29 is 19.0 Å². The maximum Gasteiger partial charge on any atom is 0.345 e. The van der Waals surface area contributed by atoms with Gasteiger partial charge in [0.15, 0.2) is 0 Å². The molecule has 0 radical (unpaired) electrons. The van der Waals surface area contributed by atoms with Crippen molar-refractivity contribution in [1.29, 1.82) is 0 Å². The zero-order valence-corrected chi connectivity index (χ0v) is 14.4. The summed E-state index contributed by atoms with van der Waals surface area (Å²) < 4.78 is 15.7. The predicted molar refractivity (Wildman–Crippen MR) is 92.5 cm³/mol. The number of aromatic nitrogens is 2. The normalized spacial score (nSPS) is 12.8. The lowest BCUT2D eigenvalue weighted by Crippen LogP contribution is -2.19. The van der Waals surface area contributed by atoms with Crippen LogP contribution in [0, 0.1) is 0 Å². The minimum atomic E-state index is -0.497. The van der Waals surface area contributed by atoms with Crippen LogP contribution in [0.3, 0.4) is 0 Å². The Morgan fingerprint density at radius 3 is 2.92 bits per heavy atom. The third-order valence-electron chi connectivity index (χ3n) is 3.89. The van der Waals surface area contributed by atoms with Crippen LogP contribution in [0.2, 0.25) is 0 Å². The molecule has 0 bridgehead atoms. The monoisotopic (exact) mass is 343 g/mol. The molecular formula is C18H21N3O4. The molecule has 2 aromatic rings. The molecule has 7 nitrogen and oxygen atoms in total. The van der Waals surface area contributed by atoms with Crippen molar-refractivity contribution in [3.05, 3.63) is 41.6 Å². The standard InChI is InChI=1S/C18H21N3O4/c1-3-24-17(22)14-12-19-18(20-16(14)25-11-10-23-2)21-9-8-13-6-4-5-7-15(13)21/h4-7,12H,3,8-11H2,1-2H3. The number of fused-ring (bicyclic) bond motifs is 1. The van der Waals surface area contributed by atoms with Gasteiger partial charge < -0.3 is 19.1 Å². The van der Waals surface area contributed by atoms with Gasteiger partial charge in [-0.2, -0.15) is 4.98 Å². The average Bonchev–Trinajstić information content (AvgIpc) is 3.06. The zero-order valence-electron chi connectivity index (χ0n) is 14.4. The summed E-state index contributed by atoms with van der Waals surface area (Å²) in [6.45, 7) is 3.50. The fourth-order valence-electron chi connectivity index (χ4n) is 2.71. The van der Waals surface area contributed by atoms with Crippen molar-refractivity contribution in [1.82, 2.24) is 9.97 Å². The van der Waals surface area contributed by atoms with E-state index in [-0.39, 0.29) is 24.7 Å². The molecule has 7 heteroatoms. The number of nitrogens with zero attached hydrogens (tertiary/aromatic N) is 3. The first-order chi connectivity index (χ1) is 12.2. The van der Waals surface area contributed by atoms with Crippen LogP contribution in [0.4, 0.5) is 11.6 Å². The number of carbonyl (C=O) groups is 1. The summed E-state index contributed by atoms with van der Waals surface area (Å²) in [5.74, 6) is 0.221. The van der Waals surface area contributed by atoms with Gasteiger partial charge in [-0.25, -0.2) is 9.78 Å². The van der Waals surface area contributed by atoms with Crippen LogP contribution in [0.15, 0.2) is 30.5 Å². The molecule has 1 aliphatic rings. The number of benzene rings is 1. The van der Waals surface area contributed by atoms with E-state index in [9.17, 15) is 4.79 Å². The van der Waals surface area contributed by atoms with E-state index in [0.29, 0.717) is 12.6 Å². The largest absolute Gasteiger partial charge is 0.474 e. The summed E-state index contributed by atoms with van der Waals surface area (Å²) in [7, 11) is 1.59. The number of para-hydroxylation sites is 1. The number of methoxy groups -OCH3 is 1. The van der Waals surface area contributed by atoms with Gasteiger partial charge in [0.2, 0.25) is 11.8 Å². The first kappa shape index (κ1) is 17.2. The number of anilines is 2. The predicted octanol–water partition coefficient (Wildman–Crippen LogP) is 2.37. The van der Waals surface area contributed by atoms with Crippen LogP contribution in [-0.4, -0.2) is 49.4 Å². The highest BCUT2D eigenvalue weighted by molar-refractivity contribution is 5.91. The molecule has 1 aliphatic heterocycles. The van der Waals surface area contributed by atoms with E-state index in [1.807, 2.05) is 23.1 Å². The van der Waals surface area contributed by atoms with Gasteiger partial charge in [-0.3, -0.25) is 0 Å². The van der Waals surface area contributed by atoms with Crippen molar-refractivity contribution in [2.24, 2.45) is 0 Å². The Morgan fingerprint density at radius 2 is 2.12 bits per heavy atom. The van der Waals surface area contributed by atoms with Gasteiger partial charge in [0.25, 0.3) is 0 Å². The number of hydrogen-bond donors (Lipinski definition) is 0. The number of rotatable bonds is 7. The summed E-state index contributed by atoms with van der Waals surface area (Å²) in [5.41, 5.74) is 2.55. The van der Waals surface area contributed by atoms with Gasteiger partial charge in [-0.1, -0.05) is 18.2 Å². The Hall–Kier alpha value is -2.67. The topological polar surface area (TPSA) is 73.8 Å². The Balaban J connectivity index is 1.91. The second-order valence-corrected chi connectivity index (χ2v) is 5.48. The molecule has 0 spiro atoms. The molecule has 3 rings (SSSR count). The Bertz CT molecular complexity index is 751. The fourth-order valence-corrected chi connectivity index (χ4v) is 2.71. The molecule has 0 atom stereocenters. The number of hydrogen-bond acceptors (Lipinski definition) is 7. The molecule has 1 aromatic carbocycles. The lowest BCUT2D eigenvalue weighted by molar-refractivity contribution is 0.0517. The molecule has 132 valence electrons. The number of ether oxygens (including phenoxy) is 3. The molecule has 0 saturated heterocycles. The molecule has 0 N–H and O–H groups in total. The maximum atomic E-state index is 12.1. The summed E-state index contributed by atoms with van der Waals surface area (Å²) in [5, 5.41) is 0. The van der Waals surface area contributed by atoms with E-state index < -0.39 is 5.97 Å². The first-order valence-electron chi connectivity index (χ1n) is 8.26. The van der Waals surface area contributed by atoms with E-state index in [4.69, 9.17) is 14.2 Å². The third-order valence-corrected chi connectivity index (χ3v) is 3.89. The minimum Gasteiger partial charge on any atom is -0.474 e.